The van der Waals surface area contributed by atoms with Crippen molar-refractivity contribution in [1.82, 2.24) is 0 Å². The van der Waals surface area contributed by atoms with Crippen molar-refractivity contribution < 1.29 is 14.3 Å². The first-order valence-electron chi connectivity index (χ1n) is 5.58. The van der Waals surface area contributed by atoms with Gasteiger partial charge in [0.15, 0.2) is 11.6 Å². The molecule has 0 N–H and O–H groups in total. The summed E-state index contributed by atoms with van der Waals surface area (Å²) in [6, 6.07) is 0. The number of ether oxygens (including phenoxy) is 1. The zero-order valence-electron chi connectivity index (χ0n) is 10.9. The Bertz CT molecular complexity index is 284. The lowest BCUT2D eigenvalue weighted by Gasteiger charge is -2.20. The molecule has 0 heterocycles. The number of ketones is 2. The van der Waals surface area contributed by atoms with E-state index in [-0.39, 0.29) is 30.2 Å². The Morgan fingerprint density at radius 1 is 1.19 bits per heavy atom. The number of rotatable bonds is 7. The van der Waals surface area contributed by atoms with Gasteiger partial charge in [-0.1, -0.05) is 26.3 Å². The summed E-state index contributed by atoms with van der Waals surface area (Å²) in [5.41, 5.74) is 0.577. The maximum Gasteiger partial charge on any atom is 0.181 e. The van der Waals surface area contributed by atoms with E-state index in [2.05, 4.69) is 0 Å². The Morgan fingerprint density at radius 3 is 2.19 bits per heavy atom. The normalized spacial score (nSPS) is 11.1. The van der Waals surface area contributed by atoms with Crippen LogP contribution in [0.5, 0.6) is 0 Å². The third-order valence-electron chi connectivity index (χ3n) is 2.57. The topological polar surface area (TPSA) is 43.4 Å². The molecule has 3 nitrogen and oxygen atoms in total. The van der Waals surface area contributed by atoms with Crippen molar-refractivity contribution in [3.8, 4) is 0 Å². The highest BCUT2D eigenvalue weighted by molar-refractivity contribution is 5.91. The number of carbonyl (C=O) groups excluding carboxylic acids is 2. The molecule has 0 aromatic rings. The SMILES string of the molecule is CCC(C)(C)C(=O)COCC(=O)C=C(C)C. The highest BCUT2D eigenvalue weighted by atomic mass is 16.5. The van der Waals surface area contributed by atoms with Crippen molar-refractivity contribution >= 4 is 11.6 Å². The van der Waals surface area contributed by atoms with Gasteiger partial charge >= 0.3 is 0 Å². The number of carbonyl (C=O) groups is 2. The molecule has 3 heteroatoms. The summed E-state index contributed by atoms with van der Waals surface area (Å²) in [6.07, 6.45) is 2.30. The van der Waals surface area contributed by atoms with E-state index in [1.54, 1.807) is 0 Å². The summed E-state index contributed by atoms with van der Waals surface area (Å²) in [7, 11) is 0. The first kappa shape index (κ1) is 15.0. The van der Waals surface area contributed by atoms with E-state index in [1.165, 1.54) is 6.08 Å². The number of hydrogen-bond acceptors (Lipinski definition) is 3. The van der Waals surface area contributed by atoms with Crippen LogP contribution in [0, 0.1) is 5.41 Å². The maximum absolute atomic E-state index is 11.6. The van der Waals surface area contributed by atoms with E-state index in [1.807, 2.05) is 34.6 Å². The summed E-state index contributed by atoms with van der Waals surface area (Å²) >= 11 is 0. The first-order valence-corrected chi connectivity index (χ1v) is 5.58. The number of hydrogen-bond donors (Lipinski definition) is 0. The van der Waals surface area contributed by atoms with Crippen molar-refractivity contribution in [2.75, 3.05) is 13.2 Å². The van der Waals surface area contributed by atoms with Gasteiger partial charge in [-0.2, -0.15) is 0 Å². The summed E-state index contributed by atoms with van der Waals surface area (Å²) in [6.45, 7) is 9.44. The van der Waals surface area contributed by atoms with Crippen LogP contribution in [-0.4, -0.2) is 24.8 Å². The molecule has 0 radical (unpaired) electrons. The minimum absolute atomic E-state index is 0.0170. The molecule has 92 valence electrons. The highest BCUT2D eigenvalue weighted by Gasteiger charge is 2.24. The summed E-state index contributed by atoms with van der Waals surface area (Å²) in [5.74, 6) is -0.0536. The second-order valence-electron chi connectivity index (χ2n) is 4.84. The highest BCUT2D eigenvalue weighted by Crippen LogP contribution is 2.20. The van der Waals surface area contributed by atoms with Crippen molar-refractivity contribution in [1.29, 1.82) is 0 Å². The van der Waals surface area contributed by atoms with E-state index in [9.17, 15) is 9.59 Å². The molecule has 0 aliphatic carbocycles. The van der Waals surface area contributed by atoms with Gasteiger partial charge in [-0.05, 0) is 26.3 Å². The third kappa shape index (κ3) is 5.81. The van der Waals surface area contributed by atoms with Gasteiger partial charge in [-0.25, -0.2) is 0 Å². The summed E-state index contributed by atoms with van der Waals surface area (Å²) < 4.78 is 5.10. The summed E-state index contributed by atoms with van der Waals surface area (Å²) in [4.78, 5) is 22.9. The molecule has 0 atom stereocenters. The molecule has 16 heavy (non-hydrogen) atoms. The van der Waals surface area contributed by atoms with Gasteiger partial charge in [0.2, 0.25) is 0 Å². The predicted octanol–water partition coefficient (Wildman–Crippen LogP) is 2.54. The quantitative estimate of drug-likeness (QED) is 0.626. The monoisotopic (exact) mass is 226 g/mol. The second kappa shape index (κ2) is 6.59. The molecular weight excluding hydrogens is 204 g/mol. The van der Waals surface area contributed by atoms with Gasteiger partial charge in [-0.15, -0.1) is 0 Å². The van der Waals surface area contributed by atoms with Crippen LogP contribution in [0.25, 0.3) is 0 Å². The Balaban J connectivity index is 3.97. The Hall–Kier alpha value is -0.960. The fourth-order valence-electron chi connectivity index (χ4n) is 1.00. The number of allylic oxidation sites excluding steroid dienone is 1. The molecule has 0 aromatic heterocycles. The molecule has 0 aliphatic heterocycles. The van der Waals surface area contributed by atoms with E-state index >= 15 is 0 Å². The van der Waals surface area contributed by atoms with E-state index in [0.717, 1.165) is 12.0 Å². The van der Waals surface area contributed by atoms with Crippen molar-refractivity contribution in [3.63, 3.8) is 0 Å². The average molecular weight is 226 g/mol. The van der Waals surface area contributed by atoms with Crippen LogP contribution in [-0.2, 0) is 14.3 Å². The zero-order valence-corrected chi connectivity index (χ0v) is 10.9. The molecule has 0 saturated heterocycles. The maximum atomic E-state index is 11.6. The molecule has 0 unspecified atom stereocenters. The van der Waals surface area contributed by atoms with Gasteiger partial charge < -0.3 is 4.74 Å². The lowest BCUT2D eigenvalue weighted by Crippen LogP contribution is -2.28. The van der Waals surface area contributed by atoms with E-state index in [0.29, 0.717) is 0 Å². The van der Waals surface area contributed by atoms with Gasteiger partial charge in [0.25, 0.3) is 0 Å². The molecule has 0 bridgehead atoms. The summed E-state index contributed by atoms with van der Waals surface area (Å²) in [5, 5.41) is 0. The van der Waals surface area contributed by atoms with E-state index in [4.69, 9.17) is 4.74 Å². The molecule has 0 fully saturated rings. The molecule has 0 aromatic carbocycles. The lowest BCUT2D eigenvalue weighted by molar-refractivity contribution is -0.133. The van der Waals surface area contributed by atoms with Crippen LogP contribution in [0.2, 0.25) is 0 Å². The zero-order chi connectivity index (χ0) is 12.8. The van der Waals surface area contributed by atoms with Crippen LogP contribution in [0.15, 0.2) is 11.6 Å². The standard InChI is InChI=1S/C13H22O3/c1-6-13(4,5)12(15)9-16-8-11(14)7-10(2)3/h7H,6,8-9H2,1-5H3. The minimum Gasteiger partial charge on any atom is -0.366 e. The molecule has 0 amide bonds. The fraction of sp³-hybridized carbons (Fsp3) is 0.692. The van der Waals surface area contributed by atoms with E-state index < -0.39 is 0 Å². The molecule has 0 spiro atoms. The van der Waals surface area contributed by atoms with Gasteiger partial charge in [0, 0.05) is 5.41 Å². The van der Waals surface area contributed by atoms with Crippen molar-refractivity contribution in [3.05, 3.63) is 11.6 Å². The predicted molar refractivity (Wildman–Crippen MR) is 64.3 cm³/mol. The van der Waals surface area contributed by atoms with Crippen LogP contribution < -0.4 is 0 Å². The lowest BCUT2D eigenvalue weighted by atomic mass is 9.86. The Morgan fingerprint density at radius 2 is 1.75 bits per heavy atom. The largest absolute Gasteiger partial charge is 0.366 e. The van der Waals surface area contributed by atoms with Crippen molar-refractivity contribution in [2.45, 2.75) is 41.0 Å². The molecule has 0 aliphatic rings. The smallest absolute Gasteiger partial charge is 0.181 e. The Labute approximate surface area is 97.9 Å². The fourth-order valence-corrected chi connectivity index (χ4v) is 1.00. The first-order chi connectivity index (χ1) is 7.29. The van der Waals surface area contributed by atoms with Gasteiger partial charge in [-0.3, -0.25) is 9.59 Å². The molecule has 0 saturated carbocycles. The van der Waals surface area contributed by atoms with Crippen LogP contribution in [0.1, 0.15) is 41.0 Å². The minimum atomic E-state index is -0.362. The van der Waals surface area contributed by atoms with Gasteiger partial charge in [0.1, 0.15) is 13.2 Å². The Kier molecular flexibility index (Phi) is 6.19. The van der Waals surface area contributed by atoms with Crippen LogP contribution >= 0.6 is 0 Å². The second-order valence-corrected chi connectivity index (χ2v) is 4.84. The van der Waals surface area contributed by atoms with Gasteiger partial charge in [0.05, 0.1) is 0 Å². The third-order valence-corrected chi connectivity index (χ3v) is 2.57. The molecule has 0 rings (SSSR count). The number of Topliss-reactive ketones (excluding diaryl/α,β-unsaturated/α-hetero) is 1. The average Bonchev–Trinajstić information content (AvgIpc) is 2.16. The van der Waals surface area contributed by atoms with Crippen LogP contribution in [0.4, 0.5) is 0 Å². The van der Waals surface area contributed by atoms with Crippen LogP contribution in [0.3, 0.4) is 0 Å². The molecular formula is C13H22O3. The van der Waals surface area contributed by atoms with Crippen molar-refractivity contribution in [2.24, 2.45) is 5.41 Å².